The highest BCUT2D eigenvalue weighted by molar-refractivity contribution is 6.00. The van der Waals surface area contributed by atoms with E-state index in [-0.39, 0.29) is 0 Å². The van der Waals surface area contributed by atoms with E-state index in [0.29, 0.717) is 0 Å². The Labute approximate surface area is 228 Å². The third kappa shape index (κ3) is 4.56. The molecule has 1 heteroatoms. The molecule has 184 valence electrons. The average Bonchev–Trinajstić information content (AvgIpc) is 3.00. The number of fused-ring (bicyclic) bond motifs is 3. The molecule has 0 amide bonds. The topological polar surface area (TPSA) is 3.24 Å². The van der Waals surface area contributed by atoms with Gasteiger partial charge >= 0.3 is 0 Å². The van der Waals surface area contributed by atoms with Crippen molar-refractivity contribution in [3.63, 3.8) is 0 Å². The molecule has 0 aliphatic rings. The van der Waals surface area contributed by atoms with Gasteiger partial charge in [-0.1, -0.05) is 115 Å². The molecule has 0 spiro atoms. The van der Waals surface area contributed by atoms with Crippen LogP contribution < -0.4 is 4.90 Å². The zero-order valence-corrected chi connectivity index (χ0v) is 21.5. The Balaban J connectivity index is 1.22. The minimum Gasteiger partial charge on any atom is -0.310 e. The predicted octanol–water partition coefficient (Wildman–Crippen LogP) is 10.8. The van der Waals surface area contributed by atoms with Gasteiger partial charge in [-0.25, -0.2) is 0 Å². The summed E-state index contributed by atoms with van der Waals surface area (Å²) in [6.45, 7) is 0. The van der Waals surface area contributed by atoms with Crippen LogP contribution in [0.2, 0.25) is 0 Å². The SMILES string of the molecule is C(=Cc1ccc2cc3ccccc3cc2c1)c1ccc(N(c2ccccc2)c2cccc3ccccc23)cc1. The first-order valence-corrected chi connectivity index (χ1v) is 13.4. The molecule has 0 unspecified atom stereocenters. The van der Waals surface area contributed by atoms with E-state index in [0.717, 1.165) is 11.4 Å². The van der Waals surface area contributed by atoms with Crippen LogP contribution in [0.1, 0.15) is 11.1 Å². The third-order valence-corrected chi connectivity index (χ3v) is 7.37. The third-order valence-electron chi connectivity index (χ3n) is 7.37. The lowest BCUT2D eigenvalue weighted by Crippen LogP contribution is -2.10. The number of hydrogen-bond acceptors (Lipinski definition) is 1. The Morgan fingerprint density at radius 1 is 0.359 bits per heavy atom. The molecule has 0 atom stereocenters. The molecule has 0 heterocycles. The van der Waals surface area contributed by atoms with Gasteiger partial charge < -0.3 is 4.90 Å². The molecule has 1 nitrogen and oxygen atoms in total. The molecule has 39 heavy (non-hydrogen) atoms. The van der Waals surface area contributed by atoms with Crippen molar-refractivity contribution < 1.29 is 0 Å². The van der Waals surface area contributed by atoms with Gasteiger partial charge in [0.2, 0.25) is 0 Å². The molecule has 0 radical (unpaired) electrons. The summed E-state index contributed by atoms with van der Waals surface area (Å²) in [6.07, 6.45) is 4.39. The van der Waals surface area contributed by atoms with E-state index in [4.69, 9.17) is 0 Å². The van der Waals surface area contributed by atoms with Crippen LogP contribution in [0.15, 0.2) is 152 Å². The second-order valence-electron chi connectivity index (χ2n) is 9.90. The van der Waals surface area contributed by atoms with Gasteiger partial charge in [0.15, 0.2) is 0 Å². The molecular weight excluding hydrogens is 470 g/mol. The lowest BCUT2D eigenvalue weighted by molar-refractivity contribution is 1.30. The molecule has 7 aromatic rings. The smallest absolute Gasteiger partial charge is 0.0540 e. The number of nitrogens with zero attached hydrogens (tertiary/aromatic N) is 1. The molecule has 0 N–H and O–H groups in total. The maximum absolute atomic E-state index is 2.34. The molecule has 0 aliphatic heterocycles. The van der Waals surface area contributed by atoms with E-state index >= 15 is 0 Å². The molecule has 0 fully saturated rings. The molecule has 7 rings (SSSR count). The van der Waals surface area contributed by atoms with E-state index in [9.17, 15) is 0 Å². The van der Waals surface area contributed by atoms with Gasteiger partial charge in [0.05, 0.1) is 5.69 Å². The zero-order valence-electron chi connectivity index (χ0n) is 21.5. The summed E-state index contributed by atoms with van der Waals surface area (Å²) in [5.74, 6) is 0. The Bertz CT molecular complexity index is 1940. The second-order valence-corrected chi connectivity index (χ2v) is 9.90. The number of anilines is 3. The molecule has 0 bridgehead atoms. The highest BCUT2D eigenvalue weighted by Crippen LogP contribution is 2.38. The summed E-state index contributed by atoms with van der Waals surface area (Å²) in [7, 11) is 0. The molecule has 0 saturated carbocycles. The fraction of sp³-hybridized carbons (Fsp3) is 0. The standard InChI is InChI=1S/C38H27N/c1-2-13-35(14-3-1)39(38-16-8-12-30-9-6-7-15-37(30)38)36-23-20-28(21-24-36)17-18-29-19-22-33-26-31-10-4-5-11-32(31)27-34(33)25-29/h1-27H. The van der Waals surface area contributed by atoms with Crippen LogP contribution in [0.3, 0.4) is 0 Å². The van der Waals surface area contributed by atoms with E-state index in [1.54, 1.807) is 0 Å². The van der Waals surface area contributed by atoms with Gasteiger partial charge in [-0.15, -0.1) is 0 Å². The zero-order chi connectivity index (χ0) is 26.0. The van der Waals surface area contributed by atoms with Gasteiger partial charge in [-0.2, -0.15) is 0 Å². The van der Waals surface area contributed by atoms with Crippen molar-refractivity contribution in [2.45, 2.75) is 0 Å². The molecule has 0 saturated heterocycles. The number of rotatable bonds is 5. The Kier molecular flexibility index (Phi) is 5.88. The first-order chi connectivity index (χ1) is 19.3. The van der Waals surface area contributed by atoms with E-state index in [1.165, 1.54) is 49.1 Å². The summed E-state index contributed by atoms with van der Waals surface area (Å²) in [4.78, 5) is 2.34. The quantitative estimate of drug-likeness (QED) is 0.169. The second kappa shape index (κ2) is 9.96. The van der Waals surface area contributed by atoms with Crippen molar-refractivity contribution in [2.75, 3.05) is 4.90 Å². The van der Waals surface area contributed by atoms with Crippen LogP contribution in [-0.4, -0.2) is 0 Å². The van der Waals surface area contributed by atoms with Gasteiger partial charge in [0, 0.05) is 16.8 Å². The van der Waals surface area contributed by atoms with E-state index < -0.39 is 0 Å². The van der Waals surface area contributed by atoms with Crippen LogP contribution >= 0.6 is 0 Å². The summed E-state index contributed by atoms with van der Waals surface area (Å²) in [5.41, 5.74) is 5.81. The van der Waals surface area contributed by atoms with Gasteiger partial charge in [0.1, 0.15) is 0 Å². The summed E-state index contributed by atoms with van der Waals surface area (Å²) < 4.78 is 0. The van der Waals surface area contributed by atoms with Gasteiger partial charge in [-0.05, 0) is 86.6 Å². The maximum atomic E-state index is 2.34. The molecule has 0 aliphatic carbocycles. The summed E-state index contributed by atoms with van der Waals surface area (Å²) >= 11 is 0. The number of hydrogen-bond donors (Lipinski definition) is 0. The lowest BCUT2D eigenvalue weighted by Gasteiger charge is -2.27. The van der Waals surface area contributed by atoms with Crippen molar-refractivity contribution >= 4 is 61.5 Å². The first-order valence-electron chi connectivity index (χ1n) is 13.4. The minimum atomic E-state index is 1.13. The minimum absolute atomic E-state index is 1.13. The highest BCUT2D eigenvalue weighted by Gasteiger charge is 2.14. The molecule has 7 aromatic carbocycles. The van der Waals surface area contributed by atoms with Crippen LogP contribution in [0.4, 0.5) is 17.1 Å². The number of para-hydroxylation sites is 1. The fourth-order valence-corrected chi connectivity index (χ4v) is 5.40. The van der Waals surface area contributed by atoms with E-state index in [2.05, 4.69) is 169 Å². The molecule has 0 aromatic heterocycles. The van der Waals surface area contributed by atoms with Crippen molar-refractivity contribution in [1.82, 2.24) is 0 Å². The van der Waals surface area contributed by atoms with Crippen LogP contribution in [0.25, 0.3) is 44.5 Å². The van der Waals surface area contributed by atoms with Crippen molar-refractivity contribution in [3.8, 4) is 0 Å². The van der Waals surface area contributed by atoms with Crippen LogP contribution in [0.5, 0.6) is 0 Å². The largest absolute Gasteiger partial charge is 0.310 e. The van der Waals surface area contributed by atoms with Crippen LogP contribution in [-0.2, 0) is 0 Å². The average molecular weight is 498 g/mol. The van der Waals surface area contributed by atoms with E-state index in [1.807, 2.05) is 0 Å². The Morgan fingerprint density at radius 2 is 0.923 bits per heavy atom. The Hall–Kier alpha value is -5.14. The maximum Gasteiger partial charge on any atom is 0.0540 e. The highest BCUT2D eigenvalue weighted by atomic mass is 15.1. The monoisotopic (exact) mass is 497 g/mol. The van der Waals surface area contributed by atoms with Gasteiger partial charge in [-0.3, -0.25) is 0 Å². The van der Waals surface area contributed by atoms with Crippen molar-refractivity contribution in [2.24, 2.45) is 0 Å². The van der Waals surface area contributed by atoms with Gasteiger partial charge in [0.25, 0.3) is 0 Å². The fourth-order valence-electron chi connectivity index (χ4n) is 5.40. The molecular formula is C38H27N. The van der Waals surface area contributed by atoms with Crippen LogP contribution in [0, 0.1) is 0 Å². The number of benzene rings is 7. The first kappa shape index (κ1) is 23.0. The summed E-state index contributed by atoms with van der Waals surface area (Å²) in [5, 5.41) is 7.55. The summed E-state index contributed by atoms with van der Waals surface area (Å²) in [6, 6.07) is 54.2. The predicted molar refractivity (Wildman–Crippen MR) is 169 cm³/mol. The normalized spacial score (nSPS) is 11.5. The van der Waals surface area contributed by atoms with Crippen molar-refractivity contribution in [3.05, 3.63) is 163 Å². The lowest BCUT2D eigenvalue weighted by atomic mass is 10.0. The van der Waals surface area contributed by atoms with Crippen molar-refractivity contribution in [1.29, 1.82) is 0 Å². The Morgan fingerprint density at radius 3 is 1.72 bits per heavy atom.